The van der Waals surface area contributed by atoms with Gasteiger partial charge in [0.2, 0.25) is 5.91 Å². The molecule has 2 saturated heterocycles. The first-order valence-corrected chi connectivity index (χ1v) is 9.87. The van der Waals surface area contributed by atoms with Crippen molar-refractivity contribution >= 4 is 11.7 Å². The molecule has 2 atom stereocenters. The average molecular weight is 338 g/mol. The first-order valence-electron chi connectivity index (χ1n) is 9.87. The molecule has 2 unspecified atom stereocenters. The van der Waals surface area contributed by atoms with E-state index >= 15 is 0 Å². The van der Waals surface area contributed by atoms with Gasteiger partial charge in [0.05, 0.1) is 0 Å². The highest BCUT2D eigenvalue weighted by Gasteiger charge is 2.47. The highest BCUT2D eigenvalue weighted by molar-refractivity contribution is 5.92. The van der Waals surface area contributed by atoms with Crippen LogP contribution < -0.4 is 5.32 Å². The minimum atomic E-state index is 0.00917. The predicted molar refractivity (Wildman–Crippen MR) is 96.9 cm³/mol. The predicted octanol–water partition coefficient (Wildman–Crippen LogP) is 1.77. The molecule has 1 saturated carbocycles. The summed E-state index contributed by atoms with van der Waals surface area (Å²) in [5.41, 5.74) is 0. The number of hydrogen-bond acceptors (Lipinski definition) is 4. The highest BCUT2D eigenvalue weighted by atomic mass is 16.2. The number of Topliss-reactive ketones (excluding diaryl/α,β-unsaturated/α-hetero) is 1. The summed E-state index contributed by atoms with van der Waals surface area (Å²) in [6.07, 6.45) is 4.32. The monoisotopic (exact) mass is 337 g/mol. The van der Waals surface area contributed by atoms with Crippen molar-refractivity contribution in [1.82, 2.24) is 15.1 Å². The first-order chi connectivity index (χ1) is 11.6. The molecule has 138 valence electrons. The fourth-order valence-electron chi connectivity index (χ4n) is 3.89. The number of carbonyl (C=O) groups is 2. The summed E-state index contributed by atoms with van der Waals surface area (Å²) in [7, 11) is 0. The molecular formula is C19H35N3O2. The van der Waals surface area contributed by atoms with Gasteiger partial charge in [-0.1, -0.05) is 13.8 Å². The molecule has 0 aromatic carbocycles. The Morgan fingerprint density at radius 2 is 1.62 bits per heavy atom. The van der Waals surface area contributed by atoms with Crippen molar-refractivity contribution in [3.8, 4) is 0 Å². The minimum absolute atomic E-state index is 0.00917. The maximum atomic E-state index is 12.3. The molecule has 3 fully saturated rings. The lowest BCUT2D eigenvalue weighted by Crippen LogP contribution is -2.45. The molecular weight excluding hydrogens is 302 g/mol. The number of likely N-dealkylation sites (tertiary alicyclic amines) is 1. The average Bonchev–Trinajstić information content (AvgIpc) is 3.43. The molecule has 2 aliphatic heterocycles. The van der Waals surface area contributed by atoms with E-state index in [1.807, 2.05) is 18.7 Å². The summed E-state index contributed by atoms with van der Waals surface area (Å²) in [5, 5.41) is 3.39. The van der Waals surface area contributed by atoms with Crippen molar-refractivity contribution in [2.24, 2.45) is 17.8 Å². The molecule has 0 aromatic rings. The van der Waals surface area contributed by atoms with E-state index in [1.165, 1.54) is 26.1 Å². The Morgan fingerprint density at radius 3 is 2.17 bits per heavy atom. The molecule has 24 heavy (non-hydrogen) atoms. The number of hydrogen-bond donors (Lipinski definition) is 1. The second-order valence-corrected chi connectivity index (χ2v) is 7.21. The van der Waals surface area contributed by atoms with Crippen LogP contribution in [0, 0.1) is 17.8 Å². The molecule has 1 N–H and O–H groups in total. The van der Waals surface area contributed by atoms with E-state index in [2.05, 4.69) is 10.2 Å². The standard InChI is InChI=1S/C17H29N3O2.C2H6/c1-13(21)15-12-16(15)17(22)20-8-3-14(4-9-20)2-7-19-10-5-18-6-11-19;1-2/h14-16,18H,2-12H2,1H3;1-2H3. The maximum Gasteiger partial charge on any atom is 0.226 e. The molecule has 0 radical (unpaired) electrons. The third-order valence-corrected chi connectivity index (χ3v) is 5.62. The number of amides is 1. The van der Waals surface area contributed by atoms with Crippen molar-refractivity contribution in [1.29, 1.82) is 0 Å². The Balaban J connectivity index is 0.00000100. The summed E-state index contributed by atoms with van der Waals surface area (Å²) >= 11 is 0. The Kier molecular flexibility index (Phi) is 7.69. The molecule has 5 heteroatoms. The molecule has 3 aliphatic rings. The van der Waals surface area contributed by atoms with Crippen molar-refractivity contribution in [2.75, 3.05) is 45.8 Å². The number of ketones is 1. The van der Waals surface area contributed by atoms with Crippen molar-refractivity contribution < 1.29 is 9.59 Å². The summed E-state index contributed by atoms with van der Waals surface area (Å²) in [4.78, 5) is 28.2. The van der Waals surface area contributed by atoms with E-state index in [4.69, 9.17) is 0 Å². The van der Waals surface area contributed by atoms with Crippen LogP contribution in [0.5, 0.6) is 0 Å². The van der Waals surface area contributed by atoms with Crippen LogP contribution in [-0.4, -0.2) is 67.3 Å². The molecule has 5 nitrogen and oxygen atoms in total. The van der Waals surface area contributed by atoms with Gasteiger partial charge in [-0.3, -0.25) is 9.59 Å². The number of piperidine rings is 1. The van der Waals surface area contributed by atoms with Crippen LogP contribution in [0.3, 0.4) is 0 Å². The topological polar surface area (TPSA) is 52.7 Å². The zero-order valence-electron chi connectivity index (χ0n) is 15.7. The largest absolute Gasteiger partial charge is 0.342 e. The van der Waals surface area contributed by atoms with Gasteiger partial charge in [0, 0.05) is 51.1 Å². The summed E-state index contributed by atoms with van der Waals surface area (Å²) in [6, 6.07) is 0. The highest BCUT2D eigenvalue weighted by Crippen LogP contribution is 2.41. The van der Waals surface area contributed by atoms with Gasteiger partial charge in [-0.05, 0) is 45.1 Å². The Hall–Kier alpha value is -0.940. The second kappa shape index (κ2) is 9.52. The SMILES string of the molecule is CC.CC(=O)C1CC1C(=O)N1CCC(CCN2CCNCC2)CC1. The van der Waals surface area contributed by atoms with Crippen LogP contribution in [0.2, 0.25) is 0 Å². The van der Waals surface area contributed by atoms with Gasteiger partial charge in [-0.15, -0.1) is 0 Å². The Labute approximate surface area is 147 Å². The van der Waals surface area contributed by atoms with Crippen molar-refractivity contribution in [3.05, 3.63) is 0 Å². The minimum Gasteiger partial charge on any atom is -0.342 e. The van der Waals surface area contributed by atoms with Gasteiger partial charge in [0.15, 0.2) is 0 Å². The van der Waals surface area contributed by atoms with Crippen LogP contribution in [0.25, 0.3) is 0 Å². The lowest BCUT2D eigenvalue weighted by molar-refractivity contribution is -0.135. The fraction of sp³-hybridized carbons (Fsp3) is 0.895. The van der Waals surface area contributed by atoms with Gasteiger partial charge in [0.25, 0.3) is 0 Å². The number of nitrogens with one attached hydrogen (secondary N) is 1. The van der Waals surface area contributed by atoms with Crippen LogP contribution in [0.4, 0.5) is 0 Å². The number of carbonyl (C=O) groups excluding carboxylic acids is 2. The van der Waals surface area contributed by atoms with Gasteiger partial charge in [-0.2, -0.15) is 0 Å². The van der Waals surface area contributed by atoms with Crippen LogP contribution >= 0.6 is 0 Å². The molecule has 1 aliphatic carbocycles. The fourth-order valence-corrected chi connectivity index (χ4v) is 3.89. The van der Waals surface area contributed by atoms with Gasteiger partial charge >= 0.3 is 0 Å². The zero-order valence-corrected chi connectivity index (χ0v) is 15.7. The zero-order chi connectivity index (χ0) is 17.5. The van der Waals surface area contributed by atoms with E-state index in [0.717, 1.165) is 51.4 Å². The summed E-state index contributed by atoms with van der Waals surface area (Å²) in [5.74, 6) is 1.22. The van der Waals surface area contributed by atoms with Crippen LogP contribution in [0.1, 0.15) is 46.5 Å². The second-order valence-electron chi connectivity index (χ2n) is 7.21. The normalized spacial score (nSPS) is 28.0. The maximum absolute atomic E-state index is 12.3. The number of nitrogens with zero attached hydrogens (tertiary/aromatic N) is 2. The molecule has 0 spiro atoms. The smallest absolute Gasteiger partial charge is 0.226 e. The van der Waals surface area contributed by atoms with E-state index in [-0.39, 0.29) is 23.5 Å². The molecule has 1 amide bonds. The molecule has 2 heterocycles. The molecule has 3 rings (SSSR count). The number of piperazine rings is 1. The summed E-state index contributed by atoms with van der Waals surface area (Å²) < 4.78 is 0. The first kappa shape index (κ1) is 19.4. The van der Waals surface area contributed by atoms with E-state index in [0.29, 0.717) is 0 Å². The van der Waals surface area contributed by atoms with Crippen LogP contribution in [-0.2, 0) is 9.59 Å². The third-order valence-electron chi connectivity index (χ3n) is 5.62. The van der Waals surface area contributed by atoms with Crippen molar-refractivity contribution in [2.45, 2.75) is 46.5 Å². The lowest BCUT2D eigenvalue weighted by atomic mass is 9.93. The van der Waals surface area contributed by atoms with E-state index in [1.54, 1.807) is 6.92 Å². The van der Waals surface area contributed by atoms with Gasteiger partial charge in [-0.25, -0.2) is 0 Å². The van der Waals surface area contributed by atoms with Crippen LogP contribution in [0.15, 0.2) is 0 Å². The Bertz CT molecular complexity index is 413. The van der Waals surface area contributed by atoms with Gasteiger partial charge in [0.1, 0.15) is 5.78 Å². The molecule has 0 bridgehead atoms. The molecule has 0 aromatic heterocycles. The van der Waals surface area contributed by atoms with Crippen molar-refractivity contribution in [3.63, 3.8) is 0 Å². The third kappa shape index (κ3) is 5.28. The lowest BCUT2D eigenvalue weighted by Gasteiger charge is -2.34. The quantitative estimate of drug-likeness (QED) is 0.831. The number of rotatable bonds is 5. The summed E-state index contributed by atoms with van der Waals surface area (Å²) in [6.45, 7) is 13.2. The van der Waals surface area contributed by atoms with E-state index in [9.17, 15) is 9.59 Å². The van der Waals surface area contributed by atoms with Gasteiger partial charge < -0.3 is 15.1 Å². The Morgan fingerprint density at radius 1 is 1.00 bits per heavy atom. The van der Waals surface area contributed by atoms with E-state index < -0.39 is 0 Å².